The number of alkyl carbamates (subject to hydrolysis) is 1. The van der Waals surface area contributed by atoms with Gasteiger partial charge >= 0.3 is 36.3 Å². The van der Waals surface area contributed by atoms with Gasteiger partial charge in [0.15, 0.2) is 29.6 Å². The fourth-order valence-corrected chi connectivity index (χ4v) is 9.41. The molecule has 11 atom stereocenters. The molecule has 2 amide bonds. The van der Waals surface area contributed by atoms with Crippen molar-refractivity contribution in [3.8, 4) is 0 Å². The van der Waals surface area contributed by atoms with Crippen LogP contribution in [0.1, 0.15) is 78.6 Å². The van der Waals surface area contributed by atoms with Crippen molar-refractivity contribution in [2.24, 2.45) is 16.7 Å². The second-order valence-electron chi connectivity index (χ2n) is 18.1. The predicted octanol–water partition coefficient (Wildman–Crippen LogP) is 3.81. The van der Waals surface area contributed by atoms with Crippen LogP contribution in [0.15, 0.2) is 35.4 Å². The van der Waals surface area contributed by atoms with Crippen molar-refractivity contribution in [3.63, 3.8) is 0 Å². The van der Waals surface area contributed by atoms with Gasteiger partial charge in [-0.2, -0.15) is 13.2 Å². The van der Waals surface area contributed by atoms with Gasteiger partial charge in [-0.05, 0) is 64.0 Å². The van der Waals surface area contributed by atoms with E-state index in [4.69, 9.17) is 40.0 Å². The lowest BCUT2D eigenvalue weighted by atomic mass is 9.44. The summed E-state index contributed by atoms with van der Waals surface area (Å²) in [6, 6.07) is 2.16. The number of hydrogen-bond donors (Lipinski definition) is 4. The molecule has 0 unspecified atom stereocenters. The number of esters is 3. The zero-order chi connectivity index (χ0) is 46.9. The summed E-state index contributed by atoms with van der Waals surface area (Å²) in [4.78, 5) is 83.3. The maximum absolute atomic E-state index is 15.5. The van der Waals surface area contributed by atoms with E-state index in [1.165, 1.54) is 92.1 Å². The number of carbonyl (C=O) groups excluding carboxylic acids is 6. The van der Waals surface area contributed by atoms with Crippen LogP contribution in [0.2, 0.25) is 5.02 Å². The number of benzene rings is 1. The third kappa shape index (κ3) is 8.47. The fraction of sp³-hybridized carbons (Fsp3) is 0.659. The van der Waals surface area contributed by atoms with Crippen LogP contribution in [0.4, 0.5) is 22.8 Å². The van der Waals surface area contributed by atoms with E-state index >= 15 is 4.79 Å². The van der Waals surface area contributed by atoms with Crippen LogP contribution in [0.25, 0.3) is 0 Å². The number of hydrogen-bond acceptors (Lipinski definition) is 15. The topological polar surface area (TPSA) is 234 Å². The highest BCUT2D eigenvalue weighted by molar-refractivity contribution is 6.30. The number of amides is 2. The smallest absolute Gasteiger partial charge is 0.411 e. The lowest BCUT2D eigenvalue weighted by Crippen LogP contribution is -2.82. The van der Waals surface area contributed by atoms with Gasteiger partial charge in [-0.25, -0.2) is 19.2 Å². The zero-order valence-electron chi connectivity index (χ0n) is 35.7. The lowest BCUT2D eigenvalue weighted by Gasteiger charge is -2.67. The van der Waals surface area contributed by atoms with Gasteiger partial charge in [-0.15, -0.1) is 0 Å². The first kappa shape index (κ1) is 48.5. The van der Waals surface area contributed by atoms with Crippen molar-refractivity contribution in [2.75, 3.05) is 20.7 Å². The Morgan fingerprint density at radius 3 is 2.19 bits per heavy atom. The highest BCUT2D eigenvalue weighted by Gasteiger charge is 2.78. The molecule has 4 N–H and O–H groups in total. The number of alkyl halides is 3. The maximum atomic E-state index is 15.5. The number of Topliss-reactive ketones (excluding diaryl/α,β-unsaturated/α-hetero) is 1. The number of fused-ring (bicyclic) bond motifs is 5. The van der Waals surface area contributed by atoms with E-state index in [-0.39, 0.29) is 28.2 Å². The van der Waals surface area contributed by atoms with Gasteiger partial charge in [0.2, 0.25) is 0 Å². The molecule has 17 nitrogen and oxygen atoms in total. The third-order valence-corrected chi connectivity index (χ3v) is 12.6. The summed E-state index contributed by atoms with van der Waals surface area (Å²) in [7, 11) is 2.59. The predicted molar refractivity (Wildman–Crippen MR) is 207 cm³/mol. The van der Waals surface area contributed by atoms with Gasteiger partial charge in [-0.1, -0.05) is 31.5 Å². The van der Waals surface area contributed by atoms with Crippen LogP contribution in [0.5, 0.6) is 0 Å². The number of aliphatic hydroxyl groups excluding tert-OH is 2. The van der Waals surface area contributed by atoms with E-state index in [9.17, 15) is 52.5 Å². The minimum atomic E-state index is -5.46. The quantitative estimate of drug-likeness (QED) is 0.165. The SMILES string of the molecule is CC(=O)O[C@@]12CO[C@@H]1C[C@H](O)[C@@]1(C)C(=O)[C@H](OC(=O)N(C)C)C3=C(C)[C@@H](OC(=O)[C@H](O)[C@@H](NC(=O)OC(C)(C)C)C(F)(F)F)C[C@@](O)([C@@H](OC(=O)c4cccc(Cl)c4)[C@H]21)C3(C)C. The Hall–Kier alpha value is -4.50. The molecule has 2 bridgehead atoms. The molecular formula is C41H52ClF3N2O15. The second-order valence-corrected chi connectivity index (χ2v) is 18.5. The normalized spacial score (nSPS) is 32.5. The van der Waals surface area contributed by atoms with Crippen molar-refractivity contribution in [1.82, 2.24) is 10.2 Å². The van der Waals surface area contributed by atoms with Gasteiger partial charge in [-0.3, -0.25) is 9.59 Å². The van der Waals surface area contributed by atoms with E-state index in [1.54, 1.807) is 0 Å². The molecule has 0 radical (unpaired) electrons. The first-order chi connectivity index (χ1) is 28.3. The average Bonchev–Trinajstić information content (AvgIpc) is 3.13. The van der Waals surface area contributed by atoms with E-state index in [0.29, 0.717) is 0 Å². The van der Waals surface area contributed by atoms with Crippen LogP contribution in [-0.2, 0) is 42.8 Å². The molecule has 344 valence electrons. The van der Waals surface area contributed by atoms with Gasteiger partial charge in [0, 0.05) is 44.3 Å². The molecule has 1 aromatic carbocycles. The van der Waals surface area contributed by atoms with Crippen LogP contribution >= 0.6 is 11.6 Å². The maximum Gasteiger partial charge on any atom is 0.411 e. The number of rotatable bonds is 8. The summed E-state index contributed by atoms with van der Waals surface area (Å²) >= 11 is 6.20. The molecule has 0 spiro atoms. The lowest BCUT2D eigenvalue weighted by molar-refractivity contribution is -0.345. The third-order valence-electron chi connectivity index (χ3n) is 12.4. The molecular weight excluding hydrogens is 853 g/mol. The Labute approximate surface area is 360 Å². The molecule has 1 saturated heterocycles. The van der Waals surface area contributed by atoms with Crippen LogP contribution in [-0.4, -0.2) is 142 Å². The fourth-order valence-electron chi connectivity index (χ4n) is 9.22. The van der Waals surface area contributed by atoms with Crippen molar-refractivity contribution < 1.29 is 85.7 Å². The molecule has 0 aromatic heterocycles. The Bertz CT molecular complexity index is 2040. The molecule has 1 aromatic rings. The standard InChI is InChI=1S/C41H52ClF3N2O15/c1-18-22(58-33(53)26(50)29(41(43,44)45)46-34(54)62-36(3,4)5)16-40(56)31(60-32(52)20-12-11-13-21(42)14-20)28-38(8,23(49)15-24-39(28,17-57-24)61-19(2)48)30(51)27(25(18)37(40,6)7)59-35(55)47(9)10/h11-14,22-24,26-29,31,49-50,56H,15-17H2,1-10H3,(H,46,54)/t22-,23-,24+,26+,27+,28-,29+,31-,38+,39-,40+/m0/s1. The summed E-state index contributed by atoms with van der Waals surface area (Å²) in [5, 5.41) is 38.0. The minimum Gasteiger partial charge on any atom is -0.456 e. The van der Waals surface area contributed by atoms with Crippen LogP contribution in [0, 0.1) is 16.7 Å². The number of ether oxygens (including phenoxy) is 6. The van der Waals surface area contributed by atoms with Crippen molar-refractivity contribution in [1.29, 1.82) is 0 Å². The van der Waals surface area contributed by atoms with Gasteiger partial charge in [0.25, 0.3) is 0 Å². The molecule has 4 aliphatic rings. The number of aliphatic hydroxyl groups is 3. The Balaban J connectivity index is 1.77. The molecule has 21 heteroatoms. The monoisotopic (exact) mass is 904 g/mol. The summed E-state index contributed by atoms with van der Waals surface area (Å²) in [6.45, 7) is 10.0. The summed E-state index contributed by atoms with van der Waals surface area (Å²) in [5.74, 6) is -6.79. The van der Waals surface area contributed by atoms with Crippen LogP contribution in [0.3, 0.4) is 0 Å². The largest absolute Gasteiger partial charge is 0.456 e. The highest BCUT2D eigenvalue weighted by Crippen LogP contribution is 2.64. The van der Waals surface area contributed by atoms with E-state index in [0.717, 1.165) is 11.8 Å². The Kier molecular flexibility index (Phi) is 13.0. The summed E-state index contributed by atoms with van der Waals surface area (Å²) in [5.41, 5.74) is -10.6. The first-order valence-corrected chi connectivity index (χ1v) is 20.0. The molecule has 3 aliphatic carbocycles. The number of ketones is 1. The molecule has 1 heterocycles. The molecule has 5 rings (SSSR count). The summed E-state index contributed by atoms with van der Waals surface area (Å²) < 4.78 is 77.4. The highest BCUT2D eigenvalue weighted by atomic mass is 35.5. The van der Waals surface area contributed by atoms with Crippen LogP contribution < -0.4 is 5.32 Å². The first-order valence-electron chi connectivity index (χ1n) is 19.6. The zero-order valence-corrected chi connectivity index (χ0v) is 36.5. The van der Waals surface area contributed by atoms with Gasteiger partial charge in [0.1, 0.15) is 29.5 Å². The van der Waals surface area contributed by atoms with Gasteiger partial charge < -0.3 is 54.0 Å². The molecule has 3 fully saturated rings. The molecule has 2 saturated carbocycles. The van der Waals surface area contributed by atoms with Crippen molar-refractivity contribution in [3.05, 3.63) is 46.0 Å². The van der Waals surface area contributed by atoms with Gasteiger partial charge in [0.05, 0.1) is 29.6 Å². The summed E-state index contributed by atoms with van der Waals surface area (Å²) in [6.07, 6.45) is -21.4. The second kappa shape index (κ2) is 16.6. The minimum absolute atomic E-state index is 0.0982. The Morgan fingerprint density at radius 2 is 1.68 bits per heavy atom. The van der Waals surface area contributed by atoms with E-state index in [2.05, 4.69) is 0 Å². The average molecular weight is 905 g/mol. The number of carbonyl (C=O) groups is 6. The number of nitrogens with zero attached hydrogens (tertiary/aromatic N) is 1. The Morgan fingerprint density at radius 1 is 1.05 bits per heavy atom. The molecule has 62 heavy (non-hydrogen) atoms. The van der Waals surface area contributed by atoms with E-state index in [1.807, 2.05) is 0 Å². The van der Waals surface area contributed by atoms with Crippen molar-refractivity contribution >= 4 is 47.5 Å². The number of halogens is 4. The van der Waals surface area contributed by atoms with E-state index < -0.39 is 131 Å². The van der Waals surface area contributed by atoms with Crippen molar-refractivity contribution in [2.45, 2.75) is 134 Å². The molecule has 1 aliphatic heterocycles. The number of nitrogens with one attached hydrogen (secondary N) is 1.